The zero-order valence-electron chi connectivity index (χ0n) is 33.7. The van der Waals surface area contributed by atoms with Gasteiger partial charge in [-0.1, -0.05) is 137 Å². The second kappa shape index (κ2) is 42.4. The minimum absolute atomic E-state index is 0.194. The summed E-state index contributed by atoms with van der Waals surface area (Å²) in [7, 11) is 0. The van der Waals surface area contributed by atoms with Crippen molar-refractivity contribution in [2.45, 2.75) is 154 Å². The van der Waals surface area contributed by atoms with Crippen LogP contribution in [0.25, 0.3) is 0 Å². The molecule has 0 spiro atoms. The lowest BCUT2D eigenvalue weighted by Gasteiger charge is -2.17. The third-order valence-corrected chi connectivity index (χ3v) is 8.01. The molecule has 306 valence electrons. The number of aliphatic hydroxyl groups excluding tert-OH is 2. The van der Waals surface area contributed by atoms with E-state index in [4.69, 9.17) is 19.2 Å². The fourth-order valence-electron chi connectivity index (χ4n) is 4.84. The average molecular weight is 755 g/mol. The summed E-state index contributed by atoms with van der Waals surface area (Å²) in [6, 6.07) is 0. The molecule has 0 aromatic heterocycles. The van der Waals surface area contributed by atoms with Gasteiger partial charge in [0.05, 0.1) is 13.2 Å². The summed E-state index contributed by atoms with van der Waals surface area (Å²) < 4.78 is 10.5. The van der Waals surface area contributed by atoms with E-state index < -0.39 is 37.4 Å². The molecule has 0 aromatic rings. The molecule has 0 radical (unpaired) electrons. The van der Waals surface area contributed by atoms with E-state index in [1.807, 2.05) is 0 Å². The number of rotatable bonds is 37. The first-order valence-corrected chi connectivity index (χ1v) is 20.6. The average Bonchev–Trinajstić information content (AvgIpc) is 3.17. The molecule has 8 nitrogen and oxygen atoms in total. The van der Waals surface area contributed by atoms with Crippen LogP contribution in [-0.2, 0) is 28.8 Å². The Morgan fingerprint density at radius 1 is 0.426 bits per heavy atom. The van der Waals surface area contributed by atoms with E-state index >= 15 is 0 Å². The van der Waals surface area contributed by atoms with Gasteiger partial charge in [0.1, 0.15) is 13.2 Å². The van der Waals surface area contributed by atoms with E-state index in [1.54, 1.807) is 0 Å². The molecular weight excluding hydrogens is 680 g/mol. The smallest absolute Gasteiger partial charge is 0.306 e. The molecule has 0 saturated heterocycles. The molecule has 2 N–H and O–H groups in total. The molecular formula is C46H74O8. The van der Waals surface area contributed by atoms with Crippen molar-refractivity contribution < 1.29 is 39.1 Å². The van der Waals surface area contributed by atoms with Gasteiger partial charge in [-0.25, -0.2) is 9.78 Å². The fraction of sp³-hybridized carbons (Fsp3) is 0.609. The predicted octanol–water partition coefficient (Wildman–Crippen LogP) is 11.0. The molecule has 0 aliphatic heterocycles. The topological polar surface area (TPSA) is 112 Å². The van der Waals surface area contributed by atoms with Crippen molar-refractivity contribution in [2.24, 2.45) is 0 Å². The number of unbranched alkanes of at least 4 members (excludes halogenated alkanes) is 8. The van der Waals surface area contributed by atoms with Crippen LogP contribution in [0.2, 0.25) is 0 Å². The highest BCUT2D eigenvalue weighted by molar-refractivity contribution is 5.69. The Labute approximate surface area is 328 Å². The van der Waals surface area contributed by atoms with Crippen LogP contribution in [0, 0.1) is 0 Å². The summed E-state index contributed by atoms with van der Waals surface area (Å²) in [6.07, 6.45) is 51.6. The van der Waals surface area contributed by atoms with Gasteiger partial charge >= 0.3 is 11.9 Å². The van der Waals surface area contributed by atoms with Crippen LogP contribution < -0.4 is 0 Å². The van der Waals surface area contributed by atoms with Gasteiger partial charge < -0.3 is 19.7 Å². The molecule has 0 saturated carbocycles. The Hall–Kier alpha value is -3.30. The summed E-state index contributed by atoms with van der Waals surface area (Å²) in [6.45, 7) is 3.20. The zero-order valence-corrected chi connectivity index (χ0v) is 33.7. The Bertz CT molecular complexity index is 1010. The van der Waals surface area contributed by atoms with Crippen LogP contribution in [0.1, 0.15) is 142 Å². The van der Waals surface area contributed by atoms with Gasteiger partial charge in [0.25, 0.3) is 0 Å². The van der Waals surface area contributed by atoms with E-state index in [0.717, 1.165) is 51.4 Å². The van der Waals surface area contributed by atoms with Crippen molar-refractivity contribution >= 4 is 11.9 Å². The minimum atomic E-state index is -0.887. The lowest BCUT2D eigenvalue weighted by atomic mass is 10.2. The van der Waals surface area contributed by atoms with Crippen molar-refractivity contribution in [3.05, 3.63) is 97.2 Å². The molecule has 0 fully saturated rings. The van der Waals surface area contributed by atoms with Crippen molar-refractivity contribution in [3.63, 3.8) is 0 Å². The summed E-state index contributed by atoms with van der Waals surface area (Å²) in [4.78, 5) is 34.4. The van der Waals surface area contributed by atoms with Crippen LogP contribution in [0.3, 0.4) is 0 Å². The number of carbonyl (C=O) groups is 2. The van der Waals surface area contributed by atoms with Gasteiger partial charge in [-0.3, -0.25) is 9.59 Å². The molecule has 0 aliphatic rings. The van der Waals surface area contributed by atoms with Gasteiger partial charge in [-0.15, -0.1) is 0 Å². The third kappa shape index (κ3) is 38.4. The maximum Gasteiger partial charge on any atom is 0.306 e. The predicted molar refractivity (Wildman–Crippen MR) is 223 cm³/mol. The Morgan fingerprint density at radius 3 is 0.981 bits per heavy atom. The van der Waals surface area contributed by atoms with Gasteiger partial charge in [-0.05, 0) is 89.9 Å². The Morgan fingerprint density at radius 2 is 0.704 bits per heavy atom. The SMILES string of the molecule is CCCCC/C=C\C/C=C\C/C=C\C/C=C\CCCC(=O)OC(CO)COOCC(CO)OC(=O)CCC/C=C\C/C=C\C/C=C\C/C=C\CCCCC. The molecule has 2 unspecified atom stereocenters. The van der Waals surface area contributed by atoms with Crippen LogP contribution in [-0.4, -0.2) is 60.8 Å². The number of allylic oxidation sites excluding steroid dienone is 16. The lowest BCUT2D eigenvalue weighted by molar-refractivity contribution is -0.318. The summed E-state index contributed by atoms with van der Waals surface area (Å²) in [5, 5.41) is 19.1. The van der Waals surface area contributed by atoms with E-state index in [-0.39, 0.29) is 26.1 Å². The van der Waals surface area contributed by atoms with Crippen LogP contribution in [0.4, 0.5) is 0 Å². The highest BCUT2D eigenvalue weighted by Gasteiger charge is 2.17. The van der Waals surface area contributed by atoms with Gasteiger partial charge in [0, 0.05) is 12.8 Å². The molecule has 0 bridgehead atoms. The fourth-order valence-corrected chi connectivity index (χ4v) is 4.84. The van der Waals surface area contributed by atoms with Crippen LogP contribution in [0.5, 0.6) is 0 Å². The largest absolute Gasteiger partial charge is 0.457 e. The van der Waals surface area contributed by atoms with E-state index in [9.17, 15) is 19.8 Å². The number of hydrogen-bond donors (Lipinski definition) is 2. The number of hydrogen-bond acceptors (Lipinski definition) is 8. The maximum absolute atomic E-state index is 12.2. The number of aliphatic hydroxyl groups is 2. The summed E-state index contributed by atoms with van der Waals surface area (Å²) in [5.74, 6) is -0.858. The highest BCUT2D eigenvalue weighted by Crippen LogP contribution is 2.07. The first kappa shape index (κ1) is 50.7. The van der Waals surface area contributed by atoms with Crippen LogP contribution in [0.15, 0.2) is 97.2 Å². The van der Waals surface area contributed by atoms with Crippen molar-refractivity contribution in [1.29, 1.82) is 0 Å². The molecule has 0 aliphatic carbocycles. The van der Waals surface area contributed by atoms with E-state index in [1.165, 1.54) is 51.4 Å². The van der Waals surface area contributed by atoms with E-state index in [2.05, 4.69) is 111 Å². The number of ether oxygens (including phenoxy) is 2. The van der Waals surface area contributed by atoms with Gasteiger partial charge in [0.15, 0.2) is 12.2 Å². The molecule has 0 aromatic carbocycles. The van der Waals surface area contributed by atoms with Gasteiger partial charge in [-0.2, -0.15) is 0 Å². The highest BCUT2D eigenvalue weighted by atomic mass is 17.2. The lowest BCUT2D eigenvalue weighted by Crippen LogP contribution is -2.30. The minimum Gasteiger partial charge on any atom is -0.457 e. The van der Waals surface area contributed by atoms with E-state index in [0.29, 0.717) is 12.8 Å². The van der Waals surface area contributed by atoms with Crippen molar-refractivity contribution in [3.8, 4) is 0 Å². The monoisotopic (exact) mass is 755 g/mol. The standard InChI is InChI=1S/C46H74O8/c1-3-5-7-9-11-13-15-17-19-21-23-25-27-29-31-33-35-37-45(49)53-43(39-47)41-51-52-42-44(40-48)54-46(50)38-36-34-32-30-28-26-24-22-20-18-16-14-12-10-8-6-4-2/h11-14,17-20,23-26,29-32,43-44,47-48H,3-10,15-16,21-22,27-28,33-42H2,1-2H3/b13-11-,14-12-,19-17-,20-18-,25-23-,26-24-,31-29-,32-30-. The van der Waals surface area contributed by atoms with Crippen molar-refractivity contribution in [1.82, 2.24) is 0 Å². The quantitative estimate of drug-likeness (QED) is 0.0212. The second-order valence-corrected chi connectivity index (χ2v) is 13.1. The number of esters is 2. The van der Waals surface area contributed by atoms with Crippen LogP contribution >= 0.6 is 0 Å². The zero-order chi connectivity index (χ0) is 39.4. The Kier molecular flexibility index (Phi) is 39.8. The second-order valence-electron chi connectivity index (χ2n) is 13.1. The van der Waals surface area contributed by atoms with Gasteiger partial charge in [0.2, 0.25) is 0 Å². The molecule has 0 heterocycles. The Balaban J connectivity index is 3.92. The summed E-state index contributed by atoms with van der Waals surface area (Å²) in [5.41, 5.74) is 0. The summed E-state index contributed by atoms with van der Waals surface area (Å²) >= 11 is 0. The maximum atomic E-state index is 12.2. The normalized spacial score (nSPS) is 13.8. The first-order valence-electron chi connectivity index (χ1n) is 20.6. The number of carbonyl (C=O) groups excluding carboxylic acids is 2. The molecule has 8 heteroatoms. The molecule has 0 amide bonds. The molecule has 0 rings (SSSR count). The first-order chi connectivity index (χ1) is 26.6. The molecule has 2 atom stereocenters. The third-order valence-electron chi connectivity index (χ3n) is 8.01. The van der Waals surface area contributed by atoms with Crippen molar-refractivity contribution in [2.75, 3.05) is 26.4 Å². The molecule has 54 heavy (non-hydrogen) atoms.